The van der Waals surface area contributed by atoms with E-state index < -0.39 is 16.9 Å². The maximum atomic E-state index is 12.3. The number of hydrogen-bond donors (Lipinski definition) is 1. The fourth-order valence-corrected chi connectivity index (χ4v) is 2.16. The third-order valence-corrected chi connectivity index (χ3v) is 3.62. The van der Waals surface area contributed by atoms with Crippen LogP contribution in [0.15, 0.2) is 48.5 Å². The summed E-state index contributed by atoms with van der Waals surface area (Å²) in [6.45, 7) is 4.28. The van der Waals surface area contributed by atoms with Crippen LogP contribution in [0.4, 0.5) is 11.4 Å². The number of benzene rings is 2. The molecule has 1 atom stereocenters. The number of anilines is 1. The van der Waals surface area contributed by atoms with Crippen molar-refractivity contribution < 1.29 is 19.2 Å². The molecule has 0 unspecified atom stereocenters. The van der Waals surface area contributed by atoms with E-state index in [-0.39, 0.29) is 11.4 Å². The molecule has 0 spiro atoms. The van der Waals surface area contributed by atoms with Crippen molar-refractivity contribution in [2.45, 2.75) is 32.8 Å². The molecule has 0 aromatic heterocycles. The minimum Gasteiger partial charge on any atom is -0.494 e. The second-order valence-electron chi connectivity index (χ2n) is 5.70. The van der Waals surface area contributed by atoms with Gasteiger partial charge in [0.15, 0.2) is 11.9 Å². The first kappa shape index (κ1) is 19.2. The summed E-state index contributed by atoms with van der Waals surface area (Å²) < 4.78 is 11.0. The summed E-state index contributed by atoms with van der Waals surface area (Å²) in [5.74, 6) is 0.392. The maximum absolute atomic E-state index is 12.3. The van der Waals surface area contributed by atoms with Crippen LogP contribution in [0.5, 0.6) is 11.5 Å². The zero-order valence-electron chi connectivity index (χ0n) is 14.8. The van der Waals surface area contributed by atoms with Gasteiger partial charge in [-0.05, 0) is 43.7 Å². The number of unbranched alkanes of at least 4 members (excludes halogenated alkanes) is 1. The molecule has 7 nitrogen and oxygen atoms in total. The number of nitrogens with one attached hydrogen (secondary N) is 1. The van der Waals surface area contributed by atoms with Gasteiger partial charge >= 0.3 is 5.69 Å². The zero-order chi connectivity index (χ0) is 18.9. The lowest BCUT2D eigenvalue weighted by Crippen LogP contribution is -2.30. The first-order valence-corrected chi connectivity index (χ1v) is 8.45. The number of hydrogen-bond acceptors (Lipinski definition) is 5. The Balaban J connectivity index is 1.94. The molecule has 2 rings (SSSR count). The third-order valence-electron chi connectivity index (χ3n) is 3.62. The number of ether oxygens (including phenoxy) is 2. The van der Waals surface area contributed by atoms with E-state index in [4.69, 9.17) is 9.47 Å². The molecule has 0 radical (unpaired) electrons. The standard InChI is InChI=1S/C19H22N2O5/c1-3-4-13-25-16-11-9-15(10-12-16)20-19(22)14(2)26-18-8-6-5-7-17(18)21(23)24/h5-12,14H,3-4,13H2,1-2H3,(H,20,22)/t14-/m0/s1. The highest BCUT2D eigenvalue weighted by atomic mass is 16.6. The number of nitro groups is 1. The van der Waals surface area contributed by atoms with E-state index in [0.29, 0.717) is 12.3 Å². The topological polar surface area (TPSA) is 90.7 Å². The summed E-state index contributed by atoms with van der Waals surface area (Å²) in [6.07, 6.45) is 1.15. The molecule has 26 heavy (non-hydrogen) atoms. The van der Waals surface area contributed by atoms with E-state index in [9.17, 15) is 14.9 Å². The highest BCUT2D eigenvalue weighted by Crippen LogP contribution is 2.27. The largest absolute Gasteiger partial charge is 0.494 e. The SMILES string of the molecule is CCCCOc1ccc(NC(=O)[C@H](C)Oc2ccccc2[N+](=O)[O-])cc1. The van der Waals surface area contributed by atoms with Crippen LogP contribution in [0.3, 0.4) is 0 Å². The summed E-state index contributed by atoms with van der Waals surface area (Å²) in [5.41, 5.74) is 0.414. The number of amides is 1. The lowest BCUT2D eigenvalue weighted by atomic mass is 10.2. The minimum atomic E-state index is -0.892. The normalized spacial score (nSPS) is 11.5. The van der Waals surface area contributed by atoms with Crippen LogP contribution in [0.2, 0.25) is 0 Å². The second-order valence-corrected chi connectivity index (χ2v) is 5.70. The molecule has 0 saturated heterocycles. The van der Waals surface area contributed by atoms with Gasteiger partial charge < -0.3 is 14.8 Å². The third kappa shape index (κ3) is 5.47. The number of nitrogens with zero attached hydrogens (tertiary/aromatic N) is 1. The smallest absolute Gasteiger partial charge is 0.310 e. The summed E-state index contributed by atoms with van der Waals surface area (Å²) >= 11 is 0. The quantitative estimate of drug-likeness (QED) is 0.412. The first-order valence-electron chi connectivity index (χ1n) is 8.45. The van der Waals surface area contributed by atoms with Crippen molar-refractivity contribution in [2.75, 3.05) is 11.9 Å². The lowest BCUT2D eigenvalue weighted by molar-refractivity contribution is -0.386. The van der Waals surface area contributed by atoms with Crippen molar-refractivity contribution in [1.29, 1.82) is 0 Å². The number of carbonyl (C=O) groups is 1. The average Bonchev–Trinajstić information content (AvgIpc) is 2.63. The number of para-hydroxylation sites is 2. The molecule has 0 saturated carbocycles. The average molecular weight is 358 g/mol. The summed E-state index contributed by atoms with van der Waals surface area (Å²) in [4.78, 5) is 22.7. The summed E-state index contributed by atoms with van der Waals surface area (Å²) in [5, 5.41) is 13.7. The van der Waals surface area contributed by atoms with Crippen molar-refractivity contribution >= 4 is 17.3 Å². The molecule has 1 amide bonds. The molecule has 2 aromatic rings. The van der Waals surface area contributed by atoms with Gasteiger partial charge in [0.05, 0.1) is 11.5 Å². The van der Waals surface area contributed by atoms with Gasteiger partial charge in [-0.1, -0.05) is 25.5 Å². The van der Waals surface area contributed by atoms with Gasteiger partial charge in [0.1, 0.15) is 5.75 Å². The summed E-state index contributed by atoms with van der Waals surface area (Å²) in [7, 11) is 0. The molecule has 2 aromatic carbocycles. The first-order chi connectivity index (χ1) is 12.5. The zero-order valence-corrected chi connectivity index (χ0v) is 14.8. The van der Waals surface area contributed by atoms with Crippen molar-refractivity contribution in [1.82, 2.24) is 0 Å². The van der Waals surface area contributed by atoms with Gasteiger partial charge in [0.25, 0.3) is 5.91 Å². The Morgan fingerprint density at radius 3 is 2.54 bits per heavy atom. The predicted octanol–water partition coefficient (Wildman–Crippen LogP) is 4.18. The van der Waals surface area contributed by atoms with Crippen LogP contribution in [0, 0.1) is 10.1 Å². The van der Waals surface area contributed by atoms with Crippen LogP contribution in [-0.4, -0.2) is 23.5 Å². The number of rotatable bonds is 9. The van der Waals surface area contributed by atoms with Crippen LogP contribution < -0.4 is 14.8 Å². The van der Waals surface area contributed by atoms with E-state index in [1.807, 2.05) is 0 Å². The number of nitro benzene ring substituents is 1. The van der Waals surface area contributed by atoms with E-state index in [2.05, 4.69) is 12.2 Å². The van der Waals surface area contributed by atoms with Crippen LogP contribution >= 0.6 is 0 Å². The molecule has 7 heteroatoms. The van der Waals surface area contributed by atoms with Gasteiger partial charge in [-0.15, -0.1) is 0 Å². The molecular formula is C19H22N2O5. The molecule has 0 heterocycles. The number of carbonyl (C=O) groups excluding carboxylic acids is 1. The van der Waals surface area contributed by atoms with Gasteiger partial charge in [0.2, 0.25) is 0 Å². The van der Waals surface area contributed by atoms with Crippen molar-refractivity contribution in [3.05, 3.63) is 58.6 Å². The van der Waals surface area contributed by atoms with Gasteiger partial charge in [-0.3, -0.25) is 14.9 Å². The molecule has 1 N–H and O–H groups in total. The highest BCUT2D eigenvalue weighted by molar-refractivity contribution is 5.94. The Kier molecular flexibility index (Phi) is 6.96. The van der Waals surface area contributed by atoms with Gasteiger partial charge in [-0.25, -0.2) is 0 Å². The fourth-order valence-electron chi connectivity index (χ4n) is 2.16. The molecule has 0 aliphatic carbocycles. The molecule has 0 bridgehead atoms. The van der Waals surface area contributed by atoms with E-state index >= 15 is 0 Å². The predicted molar refractivity (Wildman–Crippen MR) is 98.7 cm³/mol. The molecule has 0 fully saturated rings. The van der Waals surface area contributed by atoms with Crippen molar-refractivity contribution in [3.8, 4) is 11.5 Å². The Morgan fingerprint density at radius 2 is 1.88 bits per heavy atom. The van der Waals surface area contributed by atoms with Gasteiger partial charge in [-0.2, -0.15) is 0 Å². The lowest BCUT2D eigenvalue weighted by Gasteiger charge is -2.15. The fraction of sp³-hybridized carbons (Fsp3) is 0.316. The molecule has 0 aliphatic rings. The van der Waals surface area contributed by atoms with Crippen LogP contribution in [0.25, 0.3) is 0 Å². The van der Waals surface area contributed by atoms with Gasteiger partial charge in [0, 0.05) is 11.8 Å². The minimum absolute atomic E-state index is 0.0554. The Hall–Kier alpha value is -3.09. The Labute approximate surface area is 152 Å². The van der Waals surface area contributed by atoms with Crippen LogP contribution in [0.1, 0.15) is 26.7 Å². The van der Waals surface area contributed by atoms with E-state index in [1.165, 1.54) is 19.1 Å². The van der Waals surface area contributed by atoms with E-state index in [0.717, 1.165) is 18.6 Å². The maximum Gasteiger partial charge on any atom is 0.310 e. The van der Waals surface area contributed by atoms with Crippen molar-refractivity contribution in [2.24, 2.45) is 0 Å². The highest BCUT2D eigenvalue weighted by Gasteiger charge is 2.20. The molecular weight excluding hydrogens is 336 g/mol. The van der Waals surface area contributed by atoms with Crippen molar-refractivity contribution in [3.63, 3.8) is 0 Å². The van der Waals surface area contributed by atoms with E-state index in [1.54, 1.807) is 36.4 Å². The molecule has 138 valence electrons. The second kappa shape index (κ2) is 9.41. The van der Waals surface area contributed by atoms with Crippen LogP contribution in [-0.2, 0) is 4.79 Å². The molecule has 0 aliphatic heterocycles. The Bertz CT molecular complexity index is 746. The monoisotopic (exact) mass is 358 g/mol. The summed E-state index contributed by atoms with van der Waals surface area (Å²) in [6, 6.07) is 13.0. The Morgan fingerprint density at radius 1 is 1.19 bits per heavy atom.